The van der Waals surface area contributed by atoms with Crippen LogP contribution in [0.2, 0.25) is 0 Å². The molecule has 1 aromatic rings. The molecule has 1 aromatic carbocycles. The molecule has 1 fully saturated rings. The zero-order chi connectivity index (χ0) is 9.76. The summed E-state index contributed by atoms with van der Waals surface area (Å²) in [5.41, 5.74) is 2.92. The van der Waals surface area contributed by atoms with E-state index in [1.165, 1.54) is 17.4 Å². The van der Waals surface area contributed by atoms with Gasteiger partial charge in [-0.3, -0.25) is 0 Å². The number of aldehydes is 1. The minimum absolute atomic E-state index is 0.0380. The third-order valence-corrected chi connectivity index (χ3v) is 4.16. The third-order valence-electron chi connectivity index (χ3n) is 4.16. The van der Waals surface area contributed by atoms with Crippen LogP contribution in [0.4, 0.5) is 0 Å². The Bertz CT molecular complexity index is 396. The Hall–Kier alpha value is -1.11. The first-order valence-corrected chi connectivity index (χ1v) is 5.29. The van der Waals surface area contributed by atoms with Crippen molar-refractivity contribution in [1.82, 2.24) is 0 Å². The molecule has 0 radical (unpaired) electrons. The number of fused-ring (bicyclic) bond motifs is 3. The van der Waals surface area contributed by atoms with E-state index in [0.29, 0.717) is 11.8 Å². The second-order valence-corrected chi connectivity index (χ2v) is 4.94. The van der Waals surface area contributed by atoms with Gasteiger partial charge in [-0.2, -0.15) is 0 Å². The molecule has 3 atom stereocenters. The monoisotopic (exact) mass is 186 g/mol. The van der Waals surface area contributed by atoms with E-state index in [9.17, 15) is 4.79 Å². The molecule has 14 heavy (non-hydrogen) atoms. The number of carbonyl (C=O) groups excluding carboxylic acids is 1. The zero-order valence-corrected chi connectivity index (χ0v) is 8.36. The molecule has 0 aliphatic heterocycles. The van der Waals surface area contributed by atoms with E-state index in [1.54, 1.807) is 0 Å². The van der Waals surface area contributed by atoms with Crippen molar-refractivity contribution in [3.63, 3.8) is 0 Å². The van der Waals surface area contributed by atoms with Crippen molar-refractivity contribution in [3.8, 4) is 0 Å². The van der Waals surface area contributed by atoms with Crippen LogP contribution in [-0.2, 0) is 11.2 Å². The third kappa shape index (κ3) is 0.827. The van der Waals surface area contributed by atoms with Gasteiger partial charge >= 0.3 is 0 Å². The van der Waals surface area contributed by atoms with Crippen molar-refractivity contribution in [2.24, 2.45) is 11.3 Å². The largest absolute Gasteiger partial charge is 0.303 e. The average molecular weight is 186 g/mol. The maximum absolute atomic E-state index is 11.0. The fourth-order valence-corrected chi connectivity index (χ4v) is 3.22. The lowest BCUT2D eigenvalue weighted by Gasteiger charge is -2.46. The molecule has 0 amide bonds. The number of carbonyl (C=O) groups is 1. The van der Waals surface area contributed by atoms with Crippen molar-refractivity contribution < 1.29 is 4.79 Å². The van der Waals surface area contributed by atoms with E-state index in [0.717, 1.165) is 12.8 Å². The van der Waals surface area contributed by atoms with E-state index < -0.39 is 0 Å². The van der Waals surface area contributed by atoms with Gasteiger partial charge in [-0.25, -0.2) is 0 Å². The lowest BCUT2D eigenvalue weighted by molar-refractivity contribution is -0.125. The Kier molecular flexibility index (Phi) is 1.45. The summed E-state index contributed by atoms with van der Waals surface area (Å²) in [7, 11) is 0. The predicted molar refractivity (Wildman–Crippen MR) is 55.2 cm³/mol. The molecule has 3 unspecified atom stereocenters. The van der Waals surface area contributed by atoms with E-state index in [4.69, 9.17) is 0 Å². The molecule has 3 rings (SSSR count). The topological polar surface area (TPSA) is 17.1 Å². The normalized spacial score (nSPS) is 38.4. The van der Waals surface area contributed by atoms with Gasteiger partial charge in [-0.15, -0.1) is 0 Å². The molecule has 0 N–H and O–H groups in total. The van der Waals surface area contributed by atoms with Crippen LogP contribution in [0.1, 0.15) is 30.4 Å². The summed E-state index contributed by atoms with van der Waals surface area (Å²) in [6, 6.07) is 8.64. The summed E-state index contributed by atoms with van der Waals surface area (Å²) in [5.74, 6) is 1.25. The average Bonchev–Trinajstić information content (AvgIpc) is 2.53. The minimum atomic E-state index is -0.0380. The first kappa shape index (κ1) is 8.22. The first-order chi connectivity index (χ1) is 6.74. The van der Waals surface area contributed by atoms with Crippen molar-refractivity contribution in [3.05, 3.63) is 35.4 Å². The Morgan fingerprint density at radius 2 is 2.21 bits per heavy atom. The number of hydrogen-bond acceptors (Lipinski definition) is 1. The quantitative estimate of drug-likeness (QED) is 0.616. The van der Waals surface area contributed by atoms with Crippen molar-refractivity contribution >= 4 is 6.29 Å². The van der Waals surface area contributed by atoms with Crippen molar-refractivity contribution in [2.45, 2.75) is 25.7 Å². The van der Waals surface area contributed by atoms with Crippen LogP contribution < -0.4 is 0 Å². The molecule has 0 spiro atoms. The van der Waals surface area contributed by atoms with Gasteiger partial charge < -0.3 is 4.79 Å². The highest BCUT2D eigenvalue weighted by Gasteiger charge is 2.54. The smallest absolute Gasteiger partial charge is 0.126 e. The summed E-state index contributed by atoms with van der Waals surface area (Å²) in [6.45, 7) is 2.10. The summed E-state index contributed by atoms with van der Waals surface area (Å²) >= 11 is 0. The molecule has 1 heteroatoms. The molecule has 0 bridgehead atoms. The maximum Gasteiger partial charge on any atom is 0.126 e. The van der Waals surface area contributed by atoms with Crippen LogP contribution in [0.25, 0.3) is 0 Å². The molecule has 0 saturated heterocycles. The summed E-state index contributed by atoms with van der Waals surface area (Å²) in [5, 5.41) is 0. The first-order valence-electron chi connectivity index (χ1n) is 5.29. The van der Waals surface area contributed by atoms with Crippen LogP contribution in [-0.4, -0.2) is 6.29 Å². The van der Waals surface area contributed by atoms with Crippen molar-refractivity contribution in [2.75, 3.05) is 0 Å². The molecule has 72 valence electrons. The van der Waals surface area contributed by atoms with E-state index in [-0.39, 0.29) is 5.41 Å². The lowest BCUT2D eigenvalue weighted by Crippen LogP contribution is -2.43. The standard InChI is InChI=1S/C13H14O/c1-13(8-14)7-11-10-5-3-2-4-9(10)6-12(11)13/h2-5,8,11-12H,6-7H2,1H3. The fraction of sp³-hybridized carbons (Fsp3) is 0.462. The number of hydrogen-bond donors (Lipinski definition) is 0. The van der Waals surface area contributed by atoms with Crippen LogP contribution in [0.5, 0.6) is 0 Å². The Labute approximate surface area is 84.1 Å². The van der Waals surface area contributed by atoms with Gasteiger partial charge in [0.25, 0.3) is 0 Å². The molecule has 0 heterocycles. The highest BCUT2D eigenvalue weighted by atomic mass is 16.1. The van der Waals surface area contributed by atoms with Gasteiger partial charge in [0, 0.05) is 5.41 Å². The molecular formula is C13H14O. The second-order valence-electron chi connectivity index (χ2n) is 4.94. The van der Waals surface area contributed by atoms with Crippen LogP contribution >= 0.6 is 0 Å². The van der Waals surface area contributed by atoms with Gasteiger partial charge in [0.1, 0.15) is 6.29 Å². The summed E-state index contributed by atoms with van der Waals surface area (Å²) in [6.07, 6.45) is 3.33. The zero-order valence-electron chi connectivity index (χ0n) is 8.36. The Balaban J connectivity index is 1.99. The fourth-order valence-electron chi connectivity index (χ4n) is 3.22. The van der Waals surface area contributed by atoms with Crippen LogP contribution in [0, 0.1) is 11.3 Å². The van der Waals surface area contributed by atoms with Gasteiger partial charge in [-0.05, 0) is 35.8 Å². The molecule has 2 aliphatic rings. The lowest BCUT2D eigenvalue weighted by atomic mass is 9.56. The maximum atomic E-state index is 11.0. The van der Waals surface area contributed by atoms with E-state index in [2.05, 4.69) is 31.2 Å². The van der Waals surface area contributed by atoms with Gasteiger partial charge in [-0.1, -0.05) is 31.2 Å². The Morgan fingerprint density at radius 1 is 1.43 bits per heavy atom. The molecule has 2 aliphatic carbocycles. The molecule has 1 nitrogen and oxygen atoms in total. The van der Waals surface area contributed by atoms with Gasteiger partial charge in [0.05, 0.1) is 0 Å². The summed E-state index contributed by atoms with van der Waals surface area (Å²) < 4.78 is 0. The number of benzene rings is 1. The Morgan fingerprint density at radius 3 is 3.00 bits per heavy atom. The van der Waals surface area contributed by atoms with Crippen LogP contribution in [0.3, 0.4) is 0 Å². The van der Waals surface area contributed by atoms with E-state index >= 15 is 0 Å². The predicted octanol–water partition coefficient (Wildman–Crippen LogP) is 2.55. The van der Waals surface area contributed by atoms with Crippen molar-refractivity contribution in [1.29, 1.82) is 0 Å². The molecule has 0 aromatic heterocycles. The molecular weight excluding hydrogens is 172 g/mol. The van der Waals surface area contributed by atoms with Gasteiger partial charge in [0.2, 0.25) is 0 Å². The SMILES string of the molecule is CC1(C=O)CC2c3ccccc3CC21. The van der Waals surface area contributed by atoms with Gasteiger partial charge in [0.15, 0.2) is 0 Å². The van der Waals surface area contributed by atoms with Crippen LogP contribution in [0.15, 0.2) is 24.3 Å². The summed E-state index contributed by atoms with van der Waals surface area (Å²) in [4.78, 5) is 11.0. The minimum Gasteiger partial charge on any atom is -0.303 e. The number of rotatable bonds is 1. The second kappa shape index (κ2) is 2.47. The molecule has 1 saturated carbocycles. The highest BCUT2D eigenvalue weighted by molar-refractivity contribution is 5.64. The van der Waals surface area contributed by atoms with E-state index in [1.807, 2.05) is 0 Å². The highest BCUT2D eigenvalue weighted by Crippen LogP contribution is 2.60.